The quantitative estimate of drug-likeness (QED) is 0.752. The number of hydrogen-bond donors (Lipinski definition) is 2. The van der Waals surface area contributed by atoms with Crippen molar-refractivity contribution < 1.29 is 14.2 Å². The van der Waals surface area contributed by atoms with Crippen LogP contribution < -0.4 is 24.8 Å². The van der Waals surface area contributed by atoms with E-state index < -0.39 is 0 Å². The summed E-state index contributed by atoms with van der Waals surface area (Å²) in [6.45, 7) is 3.54. The maximum atomic E-state index is 5.31. The average molecular weight is 298 g/mol. The molecule has 1 aromatic rings. The fraction of sp³-hybridized carbons (Fsp3) is 0.500. The molecule has 5 nitrogen and oxygen atoms in total. The summed E-state index contributed by atoms with van der Waals surface area (Å²) in [6.07, 6.45) is 1.03. The zero-order valence-electron chi connectivity index (χ0n) is 12.4. The van der Waals surface area contributed by atoms with Gasteiger partial charge in [-0.15, -0.1) is 0 Å². The lowest BCUT2D eigenvalue weighted by molar-refractivity contribution is 0.323. The van der Waals surface area contributed by atoms with Gasteiger partial charge in [0.25, 0.3) is 0 Å². The third-order valence-electron chi connectivity index (χ3n) is 2.71. The van der Waals surface area contributed by atoms with Crippen LogP contribution in [0.4, 0.5) is 0 Å². The second kappa shape index (κ2) is 8.47. The zero-order valence-corrected chi connectivity index (χ0v) is 13.2. The summed E-state index contributed by atoms with van der Waals surface area (Å²) in [6, 6.07) is 3.80. The molecule has 0 unspecified atom stereocenters. The van der Waals surface area contributed by atoms with Crippen LogP contribution >= 0.6 is 12.2 Å². The minimum atomic E-state index is 0.588. The van der Waals surface area contributed by atoms with Gasteiger partial charge in [-0.25, -0.2) is 0 Å². The normalized spacial score (nSPS) is 9.80. The van der Waals surface area contributed by atoms with Gasteiger partial charge in [-0.05, 0) is 36.3 Å². The largest absolute Gasteiger partial charge is 0.493 e. The number of thiocarbonyl (C=S) groups is 1. The summed E-state index contributed by atoms with van der Waals surface area (Å²) >= 11 is 5.18. The Hall–Kier alpha value is -1.69. The topological polar surface area (TPSA) is 51.8 Å². The van der Waals surface area contributed by atoms with Crippen LogP contribution in [0.25, 0.3) is 0 Å². The summed E-state index contributed by atoms with van der Waals surface area (Å²) in [5, 5.41) is 6.90. The molecule has 6 heteroatoms. The van der Waals surface area contributed by atoms with Gasteiger partial charge in [0.15, 0.2) is 16.6 Å². The number of nitrogens with one attached hydrogen (secondary N) is 2. The van der Waals surface area contributed by atoms with E-state index in [2.05, 4.69) is 17.6 Å². The molecule has 0 aromatic heterocycles. The summed E-state index contributed by atoms with van der Waals surface area (Å²) in [7, 11) is 4.78. The van der Waals surface area contributed by atoms with Gasteiger partial charge < -0.3 is 24.8 Å². The van der Waals surface area contributed by atoms with Crippen molar-refractivity contribution in [2.24, 2.45) is 0 Å². The smallest absolute Gasteiger partial charge is 0.203 e. The van der Waals surface area contributed by atoms with Crippen molar-refractivity contribution >= 4 is 17.3 Å². The minimum Gasteiger partial charge on any atom is -0.493 e. The van der Waals surface area contributed by atoms with Crippen LogP contribution in [0.15, 0.2) is 12.1 Å². The average Bonchev–Trinajstić information content (AvgIpc) is 2.49. The molecule has 0 aliphatic rings. The second-order valence-corrected chi connectivity index (χ2v) is 4.55. The van der Waals surface area contributed by atoms with Crippen LogP contribution in [0.3, 0.4) is 0 Å². The standard InChI is InChI=1S/C14H22N2O3S/c1-5-6-15-14(20)16-9-10-7-11(17-2)13(19-4)12(8-10)18-3/h7-8H,5-6,9H2,1-4H3,(H2,15,16,20). The van der Waals surface area contributed by atoms with Gasteiger partial charge in [-0.2, -0.15) is 0 Å². The molecule has 0 fully saturated rings. The van der Waals surface area contributed by atoms with E-state index in [0.29, 0.717) is 28.9 Å². The number of rotatable bonds is 7. The molecule has 0 saturated heterocycles. The van der Waals surface area contributed by atoms with Gasteiger partial charge >= 0.3 is 0 Å². The highest BCUT2D eigenvalue weighted by atomic mass is 32.1. The predicted octanol–water partition coefficient (Wildman–Crippen LogP) is 2.09. The molecule has 0 spiro atoms. The first kappa shape index (κ1) is 16.4. The second-order valence-electron chi connectivity index (χ2n) is 4.14. The first-order valence-corrected chi connectivity index (χ1v) is 6.87. The molecule has 0 aliphatic heterocycles. The lowest BCUT2D eigenvalue weighted by atomic mass is 10.2. The van der Waals surface area contributed by atoms with E-state index >= 15 is 0 Å². The molecule has 112 valence electrons. The molecule has 0 aliphatic carbocycles. The third kappa shape index (κ3) is 4.45. The van der Waals surface area contributed by atoms with E-state index in [4.69, 9.17) is 26.4 Å². The van der Waals surface area contributed by atoms with Crippen LogP contribution in [-0.2, 0) is 6.54 Å². The molecule has 0 radical (unpaired) electrons. The van der Waals surface area contributed by atoms with Crippen molar-refractivity contribution in [3.63, 3.8) is 0 Å². The lowest BCUT2D eigenvalue weighted by Crippen LogP contribution is -2.35. The van der Waals surface area contributed by atoms with E-state index in [1.807, 2.05) is 12.1 Å². The van der Waals surface area contributed by atoms with Crippen molar-refractivity contribution in [3.8, 4) is 17.2 Å². The Bertz CT molecular complexity index is 427. The monoisotopic (exact) mass is 298 g/mol. The Morgan fingerprint density at radius 2 is 1.65 bits per heavy atom. The Morgan fingerprint density at radius 3 is 2.10 bits per heavy atom. The van der Waals surface area contributed by atoms with Crippen LogP contribution in [-0.4, -0.2) is 33.0 Å². The lowest BCUT2D eigenvalue weighted by Gasteiger charge is -2.15. The number of ether oxygens (including phenoxy) is 3. The van der Waals surface area contributed by atoms with Gasteiger partial charge in [-0.3, -0.25) is 0 Å². The van der Waals surface area contributed by atoms with Crippen LogP contribution in [0.2, 0.25) is 0 Å². The summed E-state index contributed by atoms with van der Waals surface area (Å²) in [4.78, 5) is 0. The predicted molar refractivity (Wildman–Crippen MR) is 83.8 cm³/mol. The summed E-state index contributed by atoms with van der Waals surface area (Å²) < 4.78 is 15.9. The highest BCUT2D eigenvalue weighted by Crippen LogP contribution is 2.38. The van der Waals surface area contributed by atoms with Gasteiger partial charge in [0, 0.05) is 13.1 Å². The summed E-state index contributed by atoms with van der Waals surface area (Å²) in [5.41, 5.74) is 1.00. The molecule has 0 amide bonds. The van der Waals surface area contributed by atoms with Crippen LogP contribution in [0.1, 0.15) is 18.9 Å². The van der Waals surface area contributed by atoms with Crippen molar-refractivity contribution in [3.05, 3.63) is 17.7 Å². The molecule has 20 heavy (non-hydrogen) atoms. The maximum Gasteiger partial charge on any atom is 0.203 e. The number of hydrogen-bond acceptors (Lipinski definition) is 4. The SMILES string of the molecule is CCCNC(=S)NCc1cc(OC)c(OC)c(OC)c1. The molecule has 0 heterocycles. The van der Waals surface area contributed by atoms with Crippen molar-refractivity contribution in [2.75, 3.05) is 27.9 Å². The van der Waals surface area contributed by atoms with Gasteiger partial charge in [0.05, 0.1) is 21.3 Å². The molecule has 0 bridgehead atoms. The molecule has 1 rings (SSSR count). The Kier molecular flexibility index (Phi) is 6.93. The zero-order chi connectivity index (χ0) is 15.0. The van der Waals surface area contributed by atoms with Crippen molar-refractivity contribution in [1.82, 2.24) is 10.6 Å². The minimum absolute atomic E-state index is 0.588. The number of methoxy groups -OCH3 is 3. The highest BCUT2D eigenvalue weighted by molar-refractivity contribution is 7.80. The Labute approximate surface area is 125 Å². The van der Waals surface area contributed by atoms with Gasteiger partial charge in [-0.1, -0.05) is 6.92 Å². The van der Waals surface area contributed by atoms with E-state index in [0.717, 1.165) is 18.5 Å². The molecule has 0 saturated carbocycles. The van der Waals surface area contributed by atoms with Crippen LogP contribution in [0, 0.1) is 0 Å². The van der Waals surface area contributed by atoms with E-state index in [1.165, 1.54) is 0 Å². The highest BCUT2D eigenvalue weighted by Gasteiger charge is 2.13. The van der Waals surface area contributed by atoms with E-state index in [1.54, 1.807) is 21.3 Å². The first-order chi connectivity index (χ1) is 9.65. The summed E-state index contributed by atoms with van der Waals surface area (Å²) in [5.74, 6) is 1.86. The Morgan fingerprint density at radius 1 is 1.05 bits per heavy atom. The fourth-order valence-electron chi connectivity index (χ4n) is 1.72. The number of benzene rings is 1. The van der Waals surface area contributed by atoms with Gasteiger partial charge in [0.1, 0.15) is 0 Å². The Balaban J connectivity index is 2.78. The van der Waals surface area contributed by atoms with E-state index in [9.17, 15) is 0 Å². The fourth-order valence-corrected chi connectivity index (χ4v) is 1.90. The van der Waals surface area contributed by atoms with Crippen LogP contribution in [0.5, 0.6) is 17.2 Å². The molecular formula is C14H22N2O3S. The van der Waals surface area contributed by atoms with Gasteiger partial charge in [0.2, 0.25) is 5.75 Å². The third-order valence-corrected chi connectivity index (χ3v) is 3.00. The molecule has 2 N–H and O–H groups in total. The molecular weight excluding hydrogens is 276 g/mol. The first-order valence-electron chi connectivity index (χ1n) is 6.46. The van der Waals surface area contributed by atoms with Crippen molar-refractivity contribution in [2.45, 2.75) is 19.9 Å². The van der Waals surface area contributed by atoms with E-state index in [-0.39, 0.29) is 0 Å². The molecule has 1 aromatic carbocycles. The molecule has 0 atom stereocenters. The van der Waals surface area contributed by atoms with Crippen molar-refractivity contribution in [1.29, 1.82) is 0 Å². The maximum absolute atomic E-state index is 5.31.